The van der Waals surface area contributed by atoms with Gasteiger partial charge in [-0.15, -0.1) is 5.10 Å². The lowest BCUT2D eigenvalue weighted by molar-refractivity contribution is -0.116. The number of aromatic nitrogens is 5. The van der Waals surface area contributed by atoms with Crippen LogP contribution in [0.25, 0.3) is 16.7 Å². The van der Waals surface area contributed by atoms with Crippen LogP contribution in [0.4, 0.5) is 5.69 Å². The van der Waals surface area contributed by atoms with Crippen LogP contribution >= 0.6 is 11.6 Å². The van der Waals surface area contributed by atoms with E-state index >= 15 is 0 Å². The van der Waals surface area contributed by atoms with E-state index in [1.54, 1.807) is 51.7 Å². The van der Waals surface area contributed by atoms with E-state index in [1.807, 2.05) is 30.3 Å². The number of benzene rings is 3. The number of imidazole rings is 1. The average Bonchev–Trinajstić information content (AvgIpc) is 3.55. The maximum Gasteiger partial charge on any atom is 0.333 e. The summed E-state index contributed by atoms with van der Waals surface area (Å²) in [5.74, 6) is -0.635. The number of halogens is 1. The standard InChI is InChI=1S/C31H27ClN6O3/c32-22-15-16-26(25(17-22)30(40)21-9-3-1-4-10-21)33-29(39)20-36-18-23(34-35-36)19-37-27-13-7-8-14-28(27)38(31(37)41)24-11-5-2-6-12-24/h1,3-4,7-11,13-18H,2,5-6,12,19-20H2,(H,33,39). The van der Waals surface area contributed by atoms with E-state index in [0.29, 0.717) is 27.5 Å². The Morgan fingerprint density at radius 3 is 2.51 bits per heavy atom. The van der Waals surface area contributed by atoms with Gasteiger partial charge in [-0.2, -0.15) is 0 Å². The molecular formula is C31H27ClN6O3. The predicted octanol–water partition coefficient (Wildman–Crippen LogP) is 5.38. The highest BCUT2D eigenvalue weighted by Crippen LogP contribution is 2.26. The third-order valence-electron chi connectivity index (χ3n) is 7.14. The summed E-state index contributed by atoms with van der Waals surface area (Å²) >= 11 is 6.16. The fourth-order valence-corrected chi connectivity index (χ4v) is 5.38. The first kappa shape index (κ1) is 26.5. The predicted molar refractivity (Wildman–Crippen MR) is 158 cm³/mol. The maximum absolute atomic E-state index is 13.5. The lowest BCUT2D eigenvalue weighted by atomic mass is 10.0. The van der Waals surface area contributed by atoms with Crippen LogP contribution in [0.5, 0.6) is 0 Å². The van der Waals surface area contributed by atoms with Gasteiger partial charge in [-0.3, -0.25) is 18.7 Å². The zero-order chi connectivity index (χ0) is 28.3. The van der Waals surface area contributed by atoms with Crippen LogP contribution in [0.1, 0.15) is 47.3 Å². The summed E-state index contributed by atoms with van der Waals surface area (Å²) in [4.78, 5) is 39.6. The summed E-state index contributed by atoms with van der Waals surface area (Å²) < 4.78 is 4.90. The Morgan fingerprint density at radius 1 is 0.951 bits per heavy atom. The number of carbonyl (C=O) groups excluding carboxylic acids is 2. The van der Waals surface area contributed by atoms with Crippen molar-refractivity contribution in [2.24, 2.45) is 0 Å². The van der Waals surface area contributed by atoms with Gasteiger partial charge in [-0.25, -0.2) is 9.48 Å². The molecule has 0 bridgehead atoms. The normalized spacial score (nSPS) is 13.2. The largest absolute Gasteiger partial charge is 0.333 e. The zero-order valence-corrected chi connectivity index (χ0v) is 22.9. The Bertz CT molecular complexity index is 1850. The lowest BCUT2D eigenvalue weighted by Gasteiger charge is -2.13. The molecule has 0 unspecified atom stereocenters. The molecule has 3 aromatic carbocycles. The second-order valence-electron chi connectivity index (χ2n) is 9.97. The van der Waals surface area contributed by atoms with Gasteiger partial charge in [0.2, 0.25) is 5.91 Å². The van der Waals surface area contributed by atoms with Crippen molar-refractivity contribution in [3.63, 3.8) is 0 Å². The van der Waals surface area contributed by atoms with Crippen LogP contribution in [0.3, 0.4) is 0 Å². The van der Waals surface area contributed by atoms with E-state index in [-0.39, 0.29) is 30.5 Å². The van der Waals surface area contributed by atoms with Crippen LogP contribution in [-0.2, 0) is 17.9 Å². The second kappa shape index (κ2) is 11.4. The van der Waals surface area contributed by atoms with Gasteiger partial charge in [0.15, 0.2) is 5.78 Å². The summed E-state index contributed by atoms with van der Waals surface area (Å²) in [5, 5.41) is 11.5. The average molecular weight is 567 g/mol. The Balaban J connectivity index is 1.20. The molecule has 206 valence electrons. The minimum Gasteiger partial charge on any atom is -0.324 e. The second-order valence-corrected chi connectivity index (χ2v) is 10.4. The van der Waals surface area contributed by atoms with Crippen molar-refractivity contribution >= 4 is 45.7 Å². The van der Waals surface area contributed by atoms with Gasteiger partial charge in [-0.1, -0.05) is 65.4 Å². The number of para-hydroxylation sites is 2. The van der Waals surface area contributed by atoms with E-state index in [2.05, 4.69) is 21.7 Å². The summed E-state index contributed by atoms with van der Waals surface area (Å²) in [6, 6.07) is 21.3. The van der Waals surface area contributed by atoms with Gasteiger partial charge in [0.05, 0.1) is 29.5 Å². The van der Waals surface area contributed by atoms with Gasteiger partial charge >= 0.3 is 5.69 Å². The number of rotatable bonds is 8. The van der Waals surface area contributed by atoms with Gasteiger partial charge in [0, 0.05) is 21.8 Å². The molecule has 5 aromatic rings. The topological polar surface area (TPSA) is 104 Å². The van der Waals surface area contributed by atoms with Crippen LogP contribution in [0, 0.1) is 0 Å². The molecular weight excluding hydrogens is 540 g/mol. The van der Waals surface area contributed by atoms with Crippen molar-refractivity contribution in [3.8, 4) is 0 Å². The molecule has 10 heteroatoms. The molecule has 0 saturated heterocycles. The van der Waals surface area contributed by atoms with Gasteiger partial charge in [0.25, 0.3) is 0 Å². The van der Waals surface area contributed by atoms with Crippen molar-refractivity contribution in [1.29, 1.82) is 0 Å². The molecule has 1 aliphatic carbocycles. The first-order valence-electron chi connectivity index (χ1n) is 13.5. The minimum absolute atomic E-state index is 0.120. The molecule has 0 aliphatic heterocycles. The van der Waals surface area contributed by atoms with E-state index in [9.17, 15) is 14.4 Å². The number of hydrogen-bond acceptors (Lipinski definition) is 5. The Labute approximate surface area is 240 Å². The summed E-state index contributed by atoms with van der Waals surface area (Å²) in [5.41, 5.74) is 4.27. The fourth-order valence-electron chi connectivity index (χ4n) is 5.21. The number of nitrogens with one attached hydrogen (secondary N) is 1. The Hall–Kier alpha value is -4.76. The van der Waals surface area contributed by atoms with Crippen molar-refractivity contribution < 1.29 is 9.59 Å². The highest BCUT2D eigenvalue weighted by Gasteiger charge is 2.19. The van der Waals surface area contributed by atoms with E-state index in [1.165, 1.54) is 10.7 Å². The van der Waals surface area contributed by atoms with E-state index < -0.39 is 0 Å². The van der Waals surface area contributed by atoms with Crippen LogP contribution in [-0.4, -0.2) is 35.8 Å². The number of fused-ring (bicyclic) bond motifs is 1. The zero-order valence-electron chi connectivity index (χ0n) is 22.2. The first-order valence-corrected chi connectivity index (χ1v) is 13.8. The van der Waals surface area contributed by atoms with Gasteiger partial charge < -0.3 is 5.32 Å². The number of anilines is 1. The van der Waals surface area contributed by atoms with Crippen LogP contribution in [0.2, 0.25) is 5.02 Å². The van der Waals surface area contributed by atoms with Gasteiger partial charge in [-0.05, 0) is 56.0 Å². The number of ketones is 1. The van der Waals surface area contributed by atoms with E-state index in [4.69, 9.17) is 11.6 Å². The molecule has 0 spiro atoms. The summed E-state index contributed by atoms with van der Waals surface area (Å²) in [7, 11) is 0. The van der Waals surface area contributed by atoms with Crippen LogP contribution < -0.4 is 11.0 Å². The first-order chi connectivity index (χ1) is 20.0. The number of hydrogen-bond donors (Lipinski definition) is 1. The number of amides is 1. The SMILES string of the molecule is O=C(Cn1cc(Cn2c(=O)n(C3=CCCCC3)c3ccccc32)nn1)Nc1ccc(Cl)cc1C(=O)c1ccccc1. The Morgan fingerprint density at radius 2 is 1.73 bits per heavy atom. The molecule has 0 fully saturated rings. The lowest BCUT2D eigenvalue weighted by Crippen LogP contribution is -2.25. The van der Waals surface area contributed by atoms with Crippen LogP contribution in [0.15, 0.2) is 89.9 Å². The highest BCUT2D eigenvalue weighted by molar-refractivity contribution is 6.31. The van der Waals surface area contributed by atoms with Crippen molar-refractivity contribution in [2.45, 2.75) is 38.8 Å². The maximum atomic E-state index is 13.5. The molecule has 2 aromatic heterocycles. The van der Waals surface area contributed by atoms with Crippen molar-refractivity contribution in [3.05, 3.63) is 117 Å². The third kappa shape index (κ3) is 5.49. The van der Waals surface area contributed by atoms with Crippen molar-refractivity contribution in [2.75, 3.05) is 5.32 Å². The fraction of sp³-hybridized carbons (Fsp3) is 0.194. The van der Waals surface area contributed by atoms with E-state index in [0.717, 1.165) is 42.4 Å². The molecule has 0 radical (unpaired) electrons. The summed E-state index contributed by atoms with van der Waals surface area (Å²) in [6.45, 7) is 0.0896. The molecule has 41 heavy (non-hydrogen) atoms. The molecule has 1 amide bonds. The molecule has 0 atom stereocenters. The smallest absolute Gasteiger partial charge is 0.324 e. The quantitative estimate of drug-likeness (QED) is 0.254. The minimum atomic E-state index is -0.385. The molecule has 0 saturated carbocycles. The highest BCUT2D eigenvalue weighted by atomic mass is 35.5. The molecule has 2 heterocycles. The Kier molecular flexibility index (Phi) is 7.35. The molecule has 1 aliphatic rings. The molecule has 9 nitrogen and oxygen atoms in total. The number of carbonyl (C=O) groups is 2. The van der Waals surface area contributed by atoms with Gasteiger partial charge in [0.1, 0.15) is 12.2 Å². The number of nitrogens with zero attached hydrogens (tertiary/aromatic N) is 5. The number of allylic oxidation sites excluding steroid dienone is 2. The van der Waals surface area contributed by atoms with Crippen molar-refractivity contribution in [1.82, 2.24) is 24.1 Å². The third-order valence-corrected chi connectivity index (χ3v) is 7.37. The monoisotopic (exact) mass is 566 g/mol. The molecule has 1 N–H and O–H groups in total. The summed E-state index contributed by atoms with van der Waals surface area (Å²) in [6.07, 6.45) is 7.83. The molecule has 6 rings (SSSR count).